The Labute approximate surface area is 101 Å². The number of aryl methyl sites for hydroxylation is 1. The number of benzene rings is 1. The third-order valence-corrected chi connectivity index (χ3v) is 2.94. The average Bonchev–Trinajstić information content (AvgIpc) is 2.72. The lowest BCUT2D eigenvalue weighted by Gasteiger charge is -2.05. The van der Waals surface area contributed by atoms with Crippen LogP contribution in [0.4, 0.5) is 15.1 Å². The van der Waals surface area contributed by atoms with E-state index in [1.54, 1.807) is 19.1 Å². The maximum atomic E-state index is 13.3. The van der Waals surface area contributed by atoms with Gasteiger partial charge in [-0.25, -0.2) is 14.2 Å². The predicted octanol–water partition coefficient (Wildman–Crippen LogP) is 3.03. The number of carbonyl (C=O) groups is 1. The Hall–Kier alpha value is -1.95. The number of hydrogen-bond acceptors (Lipinski definition) is 4. The van der Waals surface area contributed by atoms with E-state index in [0.717, 1.165) is 11.3 Å². The molecule has 17 heavy (non-hydrogen) atoms. The van der Waals surface area contributed by atoms with Gasteiger partial charge in [-0.1, -0.05) is 6.07 Å². The fraction of sp³-hybridized carbons (Fsp3) is 0.0909. The summed E-state index contributed by atoms with van der Waals surface area (Å²) in [5.41, 5.74) is 2.41. The molecule has 0 atom stereocenters. The Morgan fingerprint density at radius 1 is 1.53 bits per heavy atom. The summed E-state index contributed by atoms with van der Waals surface area (Å²) in [4.78, 5) is 14.5. The van der Waals surface area contributed by atoms with Crippen molar-refractivity contribution in [1.29, 1.82) is 0 Å². The van der Waals surface area contributed by atoms with Crippen molar-refractivity contribution in [2.24, 2.45) is 0 Å². The molecule has 88 valence electrons. The molecule has 0 fully saturated rings. The lowest BCUT2D eigenvalue weighted by atomic mass is 10.2. The zero-order valence-corrected chi connectivity index (χ0v) is 9.71. The van der Waals surface area contributed by atoms with Gasteiger partial charge in [-0.3, -0.25) is 0 Å². The largest absolute Gasteiger partial charge is 0.476 e. The van der Waals surface area contributed by atoms with E-state index in [4.69, 9.17) is 5.11 Å². The zero-order chi connectivity index (χ0) is 12.4. The number of aromatic carboxylic acids is 1. The predicted molar refractivity (Wildman–Crippen MR) is 63.5 cm³/mol. The molecule has 2 rings (SSSR count). The van der Waals surface area contributed by atoms with Crippen molar-refractivity contribution in [3.05, 3.63) is 40.8 Å². The standard InChI is InChI=1S/C11H9FN2O2S/c1-6-2-3-7(4-8(6)12)14-10-9(11(15)16)13-5-17-10/h2-5,14H,1H3,(H,15,16). The average molecular weight is 252 g/mol. The molecule has 0 aliphatic rings. The quantitative estimate of drug-likeness (QED) is 0.881. The third kappa shape index (κ3) is 2.42. The number of halogens is 1. The molecule has 1 heterocycles. The first-order valence-corrected chi connectivity index (χ1v) is 5.66. The number of hydrogen-bond donors (Lipinski definition) is 2. The molecule has 0 saturated heterocycles. The molecule has 4 nitrogen and oxygen atoms in total. The van der Waals surface area contributed by atoms with Crippen molar-refractivity contribution in [2.75, 3.05) is 5.32 Å². The number of carboxylic acids is 1. The van der Waals surface area contributed by atoms with E-state index in [9.17, 15) is 9.18 Å². The second-order valence-electron chi connectivity index (χ2n) is 3.42. The number of nitrogens with zero attached hydrogens (tertiary/aromatic N) is 1. The minimum Gasteiger partial charge on any atom is -0.476 e. The maximum absolute atomic E-state index is 13.3. The van der Waals surface area contributed by atoms with Crippen LogP contribution >= 0.6 is 11.3 Å². The van der Waals surface area contributed by atoms with Gasteiger partial charge in [0.1, 0.15) is 10.8 Å². The van der Waals surface area contributed by atoms with Crippen LogP contribution in [-0.2, 0) is 0 Å². The number of thiazole rings is 1. The molecule has 0 aliphatic heterocycles. The van der Waals surface area contributed by atoms with Crippen molar-refractivity contribution in [3.8, 4) is 0 Å². The maximum Gasteiger partial charge on any atom is 0.357 e. The van der Waals surface area contributed by atoms with Crippen molar-refractivity contribution in [1.82, 2.24) is 4.98 Å². The highest BCUT2D eigenvalue weighted by atomic mass is 32.1. The number of carboxylic acid groups (broad SMARTS) is 1. The zero-order valence-electron chi connectivity index (χ0n) is 8.90. The normalized spacial score (nSPS) is 10.2. The first-order chi connectivity index (χ1) is 8.08. The summed E-state index contributed by atoms with van der Waals surface area (Å²) in [6.07, 6.45) is 0. The SMILES string of the molecule is Cc1ccc(Nc2scnc2C(=O)O)cc1F. The summed E-state index contributed by atoms with van der Waals surface area (Å²) in [5, 5.41) is 12.1. The van der Waals surface area contributed by atoms with Crippen molar-refractivity contribution >= 4 is 28.0 Å². The molecule has 6 heteroatoms. The fourth-order valence-corrected chi connectivity index (χ4v) is 1.98. The highest BCUT2D eigenvalue weighted by Gasteiger charge is 2.13. The van der Waals surface area contributed by atoms with E-state index in [0.29, 0.717) is 16.3 Å². The lowest BCUT2D eigenvalue weighted by molar-refractivity contribution is 0.0692. The van der Waals surface area contributed by atoms with Gasteiger partial charge in [0.05, 0.1) is 5.51 Å². The van der Waals surface area contributed by atoms with Crippen LogP contribution in [-0.4, -0.2) is 16.1 Å². The molecular formula is C11H9FN2O2S. The highest BCUT2D eigenvalue weighted by Crippen LogP contribution is 2.25. The summed E-state index contributed by atoms with van der Waals surface area (Å²) in [6.45, 7) is 1.66. The minimum absolute atomic E-state index is 0.0593. The first-order valence-electron chi connectivity index (χ1n) is 4.78. The summed E-state index contributed by atoms with van der Waals surface area (Å²) < 4.78 is 13.3. The van der Waals surface area contributed by atoms with Gasteiger partial charge in [0.25, 0.3) is 0 Å². The molecule has 1 aromatic heterocycles. The molecule has 0 amide bonds. The molecule has 1 aromatic carbocycles. The second kappa shape index (κ2) is 4.50. The molecular weight excluding hydrogens is 243 g/mol. The Morgan fingerprint density at radius 2 is 2.29 bits per heavy atom. The molecule has 0 bridgehead atoms. The monoisotopic (exact) mass is 252 g/mol. The van der Waals surface area contributed by atoms with Crippen LogP contribution < -0.4 is 5.32 Å². The van der Waals surface area contributed by atoms with E-state index in [2.05, 4.69) is 10.3 Å². The number of anilines is 2. The van der Waals surface area contributed by atoms with Gasteiger partial charge >= 0.3 is 5.97 Å². The summed E-state index contributed by atoms with van der Waals surface area (Å²) in [7, 11) is 0. The van der Waals surface area contributed by atoms with Crippen LogP contribution in [0.1, 0.15) is 16.1 Å². The number of aromatic nitrogens is 1. The molecule has 0 aliphatic carbocycles. The van der Waals surface area contributed by atoms with E-state index in [1.165, 1.54) is 11.6 Å². The first kappa shape index (κ1) is 11.5. The Bertz CT molecular complexity index is 568. The van der Waals surface area contributed by atoms with Crippen molar-refractivity contribution < 1.29 is 14.3 Å². The van der Waals surface area contributed by atoms with Crippen molar-refractivity contribution in [2.45, 2.75) is 6.92 Å². The van der Waals surface area contributed by atoms with Gasteiger partial charge < -0.3 is 10.4 Å². The Kier molecular flexibility index (Phi) is 3.06. The topological polar surface area (TPSA) is 62.2 Å². The summed E-state index contributed by atoms with van der Waals surface area (Å²) >= 11 is 1.16. The Morgan fingerprint density at radius 3 is 2.94 bits per heavy atom. The van der Waals surface area contributed by atoms with Crippen LogP contribution in [0, 0.1) is 12.7 Å². The molecule has 0 unspecified atom stereocenters. The van der Waals surface area contributed by atoms with Gasteiger partial charge in [0.15, 0.2) is 5.69 Å². The van der Waals surface area contributed by atoms with Crippen molar-refractivity contribution in [3.63, 3.8) is 0 Å². The highest BCUT2D eigenvalue weighted by molar-refractivity contribution is 7.14. The van der Waals surface area contributed by atoms with E-state index < -0.39 is 5.97 Å². The van der Waals surface area contributed by atoms with Gasteiger partial charge in [-0.15, -0.1) is 11.3 Å². The molecule has 2 aromatic rings. The van der Waals surface area contributed by atoms with Crippen LogP contribution in [0.25, 0.3) is 0 Å². The smallest absolute Gasteiger partial charge is 0.357 e. The van der Waals surface area contributed by atoms with Gasteiger partial charge in [-0.05, 0) is 24.6 Å². The number of rotatable bonds is 3. The molecule has 0 radical (unpaired) electrons. The van der Waals surface area contributed by atoms with Gasteiger partial charge in [0.2, 0.25) is 0 Å². The molecule has 2 N–H and O–H groups in total. The van der Waals surface area contributed by atoms with Crippen LogP contribution in [0.15, 0.2) is 23.7 Å². The van der Waals surface area contributed by atoms with Gasteiger partial charge in [-0.2, -0.15) is 0 Å². The van der Waals surface area contributed by atoms with Crippen LogP contribution in [0.5, 0.6) is 0 Å². The lowest BCUT2D eigenvalue weighted by Crippen LogP contribution is -2.01. The second-order valence-corrected chi connectivity index (χ2v) is 4.28. The Balaban J connectivity index is 2.28. The molecule has 0 spiro atoms. The van der Waals surface area contributed by atoms with Gasteiger partial charge in [0, 0.05) is 5.69 Å². The summed E-state index contributed by atoms with van der Waals surface area (Å²) in [6, 6.07) is 4.63. The molecule has 0 saturated carbocycles. The number of nitrogens with one attached hydrogen (secondary N) is 1. The van der Waals surface area contributed by atoms with Crippen LogP contribution in [0.3, 0.4) is 0 Å². The third-order valence-electron chi connectivity index (χ3n) is 2.20. The summed E-state index contributed by atoms with van der Waals surface area (Å²) in [5.74, 6) is -1.45. The van der Waals surface area contributed by atoms with E-state index >= 15 is 0 Å². The van der Waals surface area contributed by atoms with Crippen LogP contribution in [0.2, 0.25) is 0 Å². The minimum atomic E-state index is -1.11. The fourth-order valence-electron chi connectivity index (χ4n) is 1.29. The van der Waals surface area contributed by atoms with E-state index in [-0.39, 0.29) is 11.5 Å². The van der Waals surface area contributed by atoms with E-state index in [1.807, 2.05) is 0 Å².